The third kappa shape index (κ3) is 1.80. The fourth-order valence-electron chi connectivity index (χ4n) is 1.17. The van der Waals surface area contributed by atoms with Crippen LogP contribution in [0.4, 0.5) is 0 Å². The lowest BCUT2D eigenvalue weighted by atomic mass is 10.2. The van der Waals surface area contributed by atoms with E-state index in [4.69, 9.17) is 5.73 Å². The van der Waals surface area contributed by atoms with Gasteiger partial charge >= 0.3 is 0 Å². The molecule has 0 saturated heterocycles. The van der Waals surface area contributed by atoms with Gasteiger partial charge in [0.05, 0.1) is 0 Å². The first-order valence-electron chi connectivity index (χ1n) is 4.38. The van der Waals surface area contributed by atoms with Crippen LogP contribution >= 0.6 is 0 Å². The van der Waals surface area contributed by atoms with Crippen molar-refractivity contribution in [3.05, 3.63) is 23.8 Å². The molecule has 1 saturated carbocycles. The minimum Gasteiger partial charge on any atom is -0.326 e. The lowest BCUT2D eigenvalue weighted by Gasteiger charge is -1.98. The highest BCUT2D eigenvalue weighted by Crippen LogP contribution is 2.31. The van der Waals surface area contributed by atoms with Gasteiger partial charge in [0.15, 0.2) is 0 Å². The second-order valence-corrected chi connectivity index (χ2v) is 3.36. The fourth-order valence-corrected chi connectivity index (χ4v) is 1.17. The summed E-state index contributed by atoms with van der Waals surface area (Å²) in [6, 6.07) is 0. The van der Waals surface area contributed by atoms with E-state index in [1.165, 1.54) is 12.8 Å². The lowest BCUT2D eigenvalue weighted by molar-refractivity contribution is 0.764. The van der Waals surface area contributed by atoms with Crippen LogP contribution in [0.15, 0.2) is 12.4 Å². The standard InChI is InChI=1S/C9H13N3/c10-4-8-5-11-9(12-6-8)3-7-1-2-7/h5-7H,1-4,10H2. The van der Waals surface area contributed by atoms with Gasteiger partial charge in [0.2, 0.25) is 0 Å². The monoisotopic (exact) mass is 163 g/mol. The molecule has 1 aliphatic rings. The minimum absolute atomic E-state index is 0.531. The van der Waals surface area contributed by atoms with E-state index >= 15 is 0 Å². The number of hydrogen-bond donors (Lipinski definition) is 1. The Bertz CT molecular complexity index is 251. The molecule has 0 radical (unpaired) electrons. The Kier molecular flexibility index (Phi) is 2.04. The molecule has 64 valence electrons. The van der Waals surface area contributed by atoms with E-state index in [1.54, 1.807) is 0 Å². The van der Waals surface area contributed by atoms with E-state index in [9.17, 15) is 0 Å². The molecule has 0 spiro atoms. The molecular formula is C9H13N3. The first kappa shape index (κ1) is 7.68. The van der Waals surface area contributed by atoms with Crippen molar-refractivity contribution < 1.29 is 0 Å². The molecule has 0 aliphatic heterocycles. The molecule has 0 aromatic carbocycles. The maximum Gasteiger partial charge on any atom is 0.128 e. The molecule has 3 heteroatoms. The predicted octanol–water partition coefficient (Wildman–Crippen LogP) is 0.888. The summed E-state index contributed by atoms with van der Waals surface area (Å²) < 4.78 is 0. The largest absolute Gasteiger partial charge is 0.326 e. The van der Waals surface area contributed by atoms with Crippen molar-refractivity contribution in [3.63, 3.8) is 0 Å². The summed E-state index contributed by atoms with van der Waals surface area (Å²) in [5, 5.41) is 0. The van der Waals surface area contributed by atoms with E-state index in [-0.39, 0.29) is 0 Å². The topological polar surface area (TPSA) is 51.8 Å². The van der Waals surface area contributed by atoms with Gasteiger partial charge in [-0.25, -0.2) is 9.97 Å². The maximum atomic E-state index is 5.43. The molecule has 0 amide bonds. The SMILES string of the molecule is NCc1cnc(CC2CC2)nc1. The van der Waals surface area contributed by atoms with E-state index in [2.05, 4.69) is 9.97 Å². The molecule has 1 aromatic rings. The lowest BCUT2D eigenvalue weighted by Crippen LogP contribution is -2.01. The van der Waals surface area contributed by atoms with Crippen molar-refractivity contribution >= 4 is 0 Å². The average molecular weight is 163 g/mol. The van der Waals surface area contributed by atoms with Gasteiger partial charge in [-0.1, -0.05) is 0 Å². The number of nitrogens with two attached hydrogens (primary N) is 1. The molecule has 1 aliphatic carbocycles. The molecular weight excluding hydrogens is 150 g/mol. The van der Waals surface area contributed by atoms with E-state index < -0.39 is 0 Å². The van der Waals surface area contributed by atoms with Crippen molar-refractivity contribution in [2.24, 2.45) is 11.7 Å². The molecule has 0 bridgehead atoms. The summed E-state index contributed by atoms with van der Waals surface area (Å²) in [6.07, 6.45) is 7.39. The highest BCUT2D eigenvalue weighted by molar-refractivity contribution is 5.05. The van der Waals surface area contributed by atoms with Gasteiger partial charge in [-0.05, 0) is 18.8 Å². The van der Waals surface area contributed by atoms with Gasteiger partial charge in [-0.15, -0.1) is 0 Å². The Labute approximate surface area is 72.0 Å². The van der Waals surface area contributed by atoms with Crippen LogP contribution in [0, 0.1) is 5.92 Å². The first-order chi connectivity index (χ1) is 5.88. The zero-order valence-corrected chi connectivity index (χ0v) is 7.03. The Morgan fingerprint density at radius 3 is 2.50 bits per heavy atom. The summed E-state index contributed by atoms with van der Waals surface area (Å²) in [5.41, 5.74) is 6.44. The van der Waals surface area contributed by atoms with Crippen LogP contribution in [0.2, 0.25) is 0 Å². The third-order valence-electron chi connectivity index (χ3n) is 2.16. The smallest absolute Gasteiger partial charge is 0.128 e. The molecule has 0 atom stereocenters. The van der Waals surface area contributed by atoms with Gasteiger partial charge in [0.25, 0.3) is 0 Å². The summed E-state index contributed by atoms with van der Waals surface area (Å²) in [5.74, 6) is 1.82. The van der Waals surface area contributed by atoms with Gasteiger partial charge in [0, 0.05) is 30.9 Å². The Balaban J connectivity index is 2.02. The van der Waals surface area contributed by atoms with Crippen molar-refractivity contribution in [2.45, 2.75) is 25.8 Å². The van der Waals surface area contributed by atoms with Crippen LogP contribution < -0.4 is 5.73 Å². The molecule has 1 fully saturated rings. The Hall–Kier alpha value is -0.960. The highest BCUT2D eigenvalue weighted by Gasteiger charge is 2.22. The van der Waals surface area contributed by atoms with E-state index in [0.717, 1.165) is 23.7 Å². The van der Waals surface area contributed by atoms with E-state index in [1.807, 2.05) is 12.4 Å². The summed E-state index contributed by atoms with van der Waals surface area (Å²) in [6.45, 7) is 0.531. The van der Waals surface area contributed by atoms with Gasteiger partial charge < -0.3 is 5.73 Å². The van der Waals surface area contributed by atoms with Crippen LogP contribution in [0.5, 0.6) is 0 Å². The van der Waals surface area contributed by atoms with Gasteiger partial charge in [0.1, 0.15) is 5.82 Å². The van der Waals surface area contributed by atoms with Crippen LogP contribution in [-0.2, 0) is 13.0 Å². The number of nitrogens with zero attached hydrogens (tertiary/aromatic N) is 2. The molecule has 2 rings (SSSR count). The van der Waals surface area contributed by atoms with Gasteiger partial charge in [-0.3, -0.25) is 0 Å². The molecule has 0 unspecified atom stereocenters. The predicted molar refractivity (Wildman–Crippen MR) is 46.4 cm³/mol. The maximum absolute atomic E-state index is 5.43. The fraction of sp³-hybridized carbons (Fsp3) is 0.556. The summed E-state index contributed by atoms with van der Waals surface area (Å²) in [4.78, 5) is 8.48. The van der Waals surface area contributed by atoms with Crippen molar-refractivity contribution in [1.82, 2.24) is 9.97 Å². The highest BCUT2D eigenvalue weighted by atomic mass is 14.9. The van der Waals surface area contributed by atoms with Crippen molar-refractivity contribution in [3.8, 4) is 0 Å². The zero-order chi connectivity index (χ0) is 8.39. The normalized spacial score (nSPS) is 16.4. The second kappa shape index (κ2) is 3.19. The minimum atomic E-state index is 0.531. The number of rotatable bonds is 3. The molecule has 1 aromatic heterocycles. The molecule has 3 nitrogen and oxygen atoms in total. The van der Waals surface area contributed by atoms with Gasteiger partial charge in [-0.2, -0.15) is 0 Å². The van der Waals surface area contributed by atoms with Crippen LogP contribution in [-0.4, -0.2) is 9.97 Å². The third-order valence-corrected chi connectivity index (χ3v) is 2.16. The Morgan fingerprint density at radius 1 is 1.33 bits per heavy atom. The molecule has 1 heterocycles. The van der Waals surface area contributed by atoms with Crippen molar-refractivity contribution in [2.75, 3.05) is 0 Å². The summed E-state index contributed by atoms with van der Waals surface area (Å²) in [7, 11) is 0. The van der Waals surface area contributed by atoms with Crippen LogP contribution in [0.1, 0.15) is 24.2 Å². The molecule has 12 heavy (non-hydrogen) atoms. The quantitative estimate of drug-likeness (QED) is 0.720. The van der Waals surface area contributed by atoms with Crippen LogP contribution in [0.25, 0.3) is 0 Å². The average Bonchev–Trinajstić information content (AvgIpc) is 2.90. The molecule has 2 N–H and O–H groups in total. The van der Waals surface area contributed by atoms with E-state index in [0.29, 0.717) is 6.54 Å². The number of aromatic nitrogens is 2. The second-order valence-electron chi connectivity index (χ2n) is 3.36. The summed E-state index contributed by atoms with van der Waals surface area (Å²) >= 11 is 0. The Morgan fingerprint density at radius 2 is 2.00 bits per heavy atom. The van der Waals surface area contributed by atoms with Crippen LogP contribution in [0.3, 0.4) is 0 Å². The zero-order valence-electron chi connectivity index (χ0n) is 7.03. The van der Waals surface area contributed by atoms with Crippen molar-refractivity contribution in [1.29, 1.82) is 0 Å². The number of hydrogen-bond acceptors (Lipinski definition) is 3. The first-order valence-corrected chi connectivity index (χ1v) is 4.38.